The molecule has 0 fully saturated rings. The van der Waals surface area contributed by atoms with E-state index in [-0.39, 0.29) is 0 Å². The van der Waals surface area contributed by atoms with Crippen molar-refractivity contribution in [2.75, 3.05) is 5.73 Å². The summed E-state index contributed by atoms with van der Waals surface area (Å²) in [6.07, 6.45) is 3.14. The summed E-state index contributed by atoms with van der Waals surface area (Å²) in [5.74, 6) is 0.401. The van der Waals surface area contributed by atoms with Crippen molar-refractivity contribution >= 4 is 22.4 Å². The second kappa shape index (κ2) is 2.19. The predicted molar refractivity (Wildman–Crippen MR) is 49.5 cm³/mol. The normalized spacial score (nSPS) is 11.5. The van der Waals surface area contributed by atoms with Crippen molar-refractivity contribution in [1.82, 2.24) is 29.6 Å². The van der Waals surface area contributed by atoms with Crippen molar-refractivity contribution < 1.29 is 0 Å². The maximum atomic E-state index is 5.77. The smallest absolute Gasteiger partial charge is 0.187 e. The quantitative estimate of drug-likeness (QED) is 0.519. The molecule has 0 aliphatic rings. The van der Waals surface area contributed by atoms with Crippen LogP contribution in [0.4, 0.5) is 5.82 Å². The highest BCUT2D eigenvalue weighted by atomic mass is 15.5. The Morgan fingerprint density at radius 2 is 2.21 bits per heavy atom. The number of anilines is 1. The molecule has 0 spiro atoms. The fraction of sp³-hybridized carbons (Fsp3) is 0.143. The van der Waals surface area contributed by atoms with Crippen LogP contribution in [0.3, 0.4) is 0 Å². The van der Waals surface area contributed by atoms with E-state index in [9.17, 15) is 0 Å². The fourth-order valence-electron chi connectivity index (χ4n) is 1.54. The summed E-state index contributed by atoms with van der Waals surface area (Å²) in [6, 6.07) is 0. The molecule has 3 heterocycles. The first-order valence-corrected chi connectivity index (χ1v) is 4.04. The van der Waals surface area contributed by atoms with Crippen LogP contribution in [0, 0.1) is 0 Å². The largest absolute Gasteiger partial charge is 0.380 e. The molecule has 0 atom stereocenters. The Morgan fingerprint density at radius 3 is 3.07 bits per heavy atom. The van der Waals surface area contributed by atoms with Crippen molar-refractivity contribution in [1.29, 1.82) is 0 Å². The zero-order valence-electron chi connectivity index (χ0n) is 7.42. The Hall–Kier alpha value is -2.18. The summed E-state index contributed by atoms with van der Waals surface area (Å²) >= 11 is 0. The summed E-state index contributed by atoms with van der Waals surface area (Å²) in [6.45, 7) is 0. The van der Waals surface area contributed by atoms with Crippen molar-refractivity contribution in [2.24, 2.45) is 7.05 Å². The number of hydrogen-bond acceptors (Lipinski definition) is 5. The molecule has 70 valence electrons. The van der Waals surface area contributed by atoms with E-state index in [1.807, 2.05) is 7.05 Å². The van der Waals surface area contributed by atoms with Crippen LogP contribution in [0.15, 0.2) is 12.5 Å². The summed E-state index contributed by atoms with van der Waals surface area (Å²) < 4.78 is 3.08. The first-order valence-electron chi connectivity index (χ1n) is 4.04. The number of aryl methyl sites for hydroxylation is 1. The van der Waals surface area contributed by atoms with Crippen LogP contribution >= 0.6 is 0 Å². The van der Waals surface area contributed by atoms with Gasteiger partial charge in [0.2, 0.25) is 0 Å². The minimum Gasteiger partial charge on any atom is -0.380 e. The van der Waals surface area contributed by atoms with Gasteiger partial charge in [0.05, 0.1) is 11.6 Å². The van der Waals surface area contributed by atoms with Crippen LogP contribution in [0.2, 0.25) is 0 Å². The van der Waals surface area contributed by atoms with Gasteiger partial charge in [-0.2, -0.15) is 5.10 Å². The maximum Gasteiger partial charge on any atom is 0.187 e. The summed E-state index contributed by atoms with van der Waals surface area (Å²) in [5.41, 5.74) is 7.22. The maximum absolute atomic E-state index is 5.77. The van der Waals surface area contributed by atoms with Crippen molar-refractivity contribution in [3.63, 3.8) is 0 Å². The number of hydrogen-bond donors (Lipinski definition) is 1. The van der Waals surface area contributed by atoms with E-state index in [0.717, 1.165) is 10.9 Å². The first-order chi connectivity index (χ1) is 6.77. The van der Waals surface area contributed by atoms with Gasteiger partial charge < -0.3 is 5.73 Å². The van der Waals surface area contributed by atoms with Gasteiger partial charge in [0, 0.05) is 7.05 Å². The third-order valence-corrected chi connectivity index (χ3v) is 2.16. The summed E-state index contributed by atoms with van der Waals surface area (Å²) in [7, 11) is 1.81. The topological polar surface area (TPSA) is 86.9 Å². The van der Waals surface area contributed by atoms with E-state index in [1.165, 1.54) is 11.0 Å². The van der Waals surface area contributed by atoms with Gasteiger partial charge in [-0.05, 0) is 0 Å². The van der Waals surface area contributed by atoms with E-state index in [4.69, 9.17) is 5.73 Å². The number of aromatic nitrogens is 6. The molecule has 7 nitrogen and oxygen atoms in total. The number of nitrogens with zero attached hydrogens (tertiary/aromatic N) is 6. The second-order valence-electron chi connectivity index (χ2n) is 2.99. The molecule has 2 N–H and O–H groups in total. The van der Waals surface area contributed by atoms with Crippen LogP contribution < -0.4 is 5.73 Å². The van der Waals surface area contributed by atoms with Crippen LogP contribution in [0.5, 0.6) is 0 Å². The monoisotopic (exact) mass is 189 g/mol. The van der Waals surface area contributed by atoms with Crippen LogP contribution in [0.25, 0.3) is 16.6 Å². The third-order valence-electron chi connectivity index (χ3n) is 2.16. The van der Waals surface area contributed by atoms with E-state index in [2.05, 4.69) is 20.3 Å². The Morgan fingerprint density at radius 1 is 1.36 bits per heavy atom. The van der Waals surface area contributed by atoms with Gasteiger partial charge >= 0.3 is 0 Å². The number of fused-ring (bicyclic) bond motifs is 3. The lowest BCUT2D eigenvalue weighted by Crippen LogP contribution is -2.03. The number of nitrogen functional groups attached to an aromatic ring is 1. The molecule has 0 saturated carbocycles. The van der Waals surface area contributed by atoms with E-state index >= 15 is 0 Å². The predicted octanol–water partition coefficient (Wildman–Crippen LogP) is -0.407. The van der Waals surface area contributed by atoms with E-state index in [1.54, 1.807) is 10.9 Å². The van der Waals surface area contributed by atoms with E-state index < -0.39 is 0 Å². The molecule has 0 saturated heterocycles. The summed E-state index contributed by atoms with van der Waals surface area (Å²) in [5, 5.41) is 12.9. The average molecular weight is 189 g/mol. The zero-order chi connectivity index (χ0) is 9.71. The Balaban J connectivity index is 2.68. The van der Waals surface area contributed by atoms with Gasteiger partial charge in [0.15, 0.2) is 11.5 Å². The highest BCUT2D eigenvalue weighted by molar-refractivity contribution is 5.96. The zero-order valence-corrected chi connectivity index (χ0v) is 7.42. The molecule has 0 aliphatic carbocycles. The third kappa shape index (κ3) is 0.709. The minimum absolute atomic E-state index is 0.401. The molecule has 0 amide bonds. The molecule has 7 heteroatoms. The molecule has 0 radical (unpaired) electrons. The highest BCUT2D eigenvalue weighted by Crippen LogP contribution is 2.20. The Kier molecular flexibility index (Phi) is 1.13. The van der Waals surface area contributed by atoms with Gasteiger partial charge in [-0.25, -0.2) is 4.98 Å². The molecule has 3 aromatic heterocycles. The molecule has 0 unspecified atom stereocenters. The van der Waals surface area contributed by atoms with Gasteiger partial charge in [-0.1, -0.05) is 0 Å². The molecule has 0 bridgehead atoms. The molecule has 3 rings (SSSR count). The molecule has 0 aliphatic heterocycles. The standard InChI is InChI=1S/C7H7N7/c1-13-5-4(2-10-13)7-9-3-11-14(7)12-6(5)8/h2-3H,1H3,(H2,8,12). The molecule has 3 aromatic rings. The average Bonchev–Trinajstić information content (AvgIpc) is 2.71. The fourth-order valence-corrected chi connectivity index (χ4v) is 1.54. The van der Waals surface area contributed by atoms with Gasteiger partial charge in [-0.15, -0.1) is 14.8 Å². The Bertz CT molecular complexity index is 619. The van der Waals surface area contributed by atoms with Crippen molar-refractivity contribution in [3.8, 4) is 0 Å². The lowest BCUT2D eigenvalue weighted by atomic mass is 10.3. The van der Waals surface area contributed by atoms with Crippen LogP contribution in [0.1, 0.15) is 0 Å². The molecular formula is C7H7N7. The van der Waals surface area contributed by atoms with Gasteiger partial charge in [0.25, 0.3) is 0 Å². The lowest BCUT2D eigenvalue weighted by Gasteiger charge is -1.98. The number of nitrogens with two attached hydrogens (primary N) is 1. The first kappa shape index (κ1) is 7.25. The minimum atomic E-state index is 0.401. The van der Waals surface area contributed by atoms with Gasteiger partial charge in [-0.3, -0.25) is 4.68 Å². The SMILES string of the molecule is Cn1ncc2c1c(N)nn1ncnc21. The van der Waals surface area contributed by atoms with Crippen molar-refractivity contribution in [3.05, 3.63) is 12.5 Å². The molecular weight excluding hydrogens is 182 g/mol. The lowest BCUT2D eigenvalue weighted by molar-refractivity contribution is 0.783. The van der Waals surface area contributed by atoms with Crippen molar-refractivity contribution in [2.45, 2.75) is 0 Å². The van der Waals surface area contributed by atoms with E-state index in [0.29, 0.717) is 11.5 Å². The Labute approximate surface area is 78.1 Å². The number of rotatable bonds is 0. The molecule has 0 aromatic carbocycles. The molecule has 14 heavy (non-hydrogen) atoms. The summed E-state index contributed by atoms with van der Waals surface area (Å²) in [4.78, 5) is 4.08. The second-order valence-corrected chi connectivity index (χ2v) is 2.99. The van der Waals surface area contributed by atoms with Gasteiger partial charge in [0.1, 0.15) is 11.8 Å². The van der Waals surface area contributed by atoms with Crippen LogP contribution in [-0.2, 0) is 7.05 Å². The highest BCUT2D eigenvalue weighted by Gasteiger charge is 2.11. The van der Waals surface area contributed by atoms with Crippen LogP contribution in [-0.4, -0.2) is 29.6 Å².